The first-order valence-electron chi connectivity index (χ1n) is 5.92. The van der Waals surface area contributed by atoms with E-state index in [4.69, 9.17) is 0 Å². The monoisotopic (exact) mass is 205 g/mol. The van der Waals surface area contributed by atoms with Crippen LogP contribution in [0.3, 0.4) is 0 Å². The van der Waals surface area contributed by atoms with Crippen molar-refractivity contribution in [1.82, 2.24) is 4.98 Å². The van der Waals surface area contributed by atoms with Gasteiger partial charge in [-0.05, 0) is 34.4 Å². The lowest BCUT2D eigenvalue weighted by atomic mass is 9.85. The standard InChI is InChI=1S/C14H23N/c1-9(2)12-7-15-8-13(10(3)4)14(12)11(5)6/h7-11H,1-6H3. The predicted molar refractivity (Wildman–Crippen MR) is 66.5 cm³/mol. The Morgan fingerprint density at radius 1 is 0.733 bits per heavy atom. The molecule has 0 aliphatic rings. The van der Waals surface area contributed by atoms with E-state index < -0.39 is 0 Å². The molecule has 0 amide bonds. The maximum Gasteiger partial charge on any atom is 0.0305 e. The SMILES string of the molecule is CC(C)c1cncc(C(C)C)c1C(C)C. The summed E-state index contributed by atoms with van der Waals surface area (Å²) >= 11 is 0. The number of pyridine rings is 1. The fourth-order valence-corrected chi connectivity index (χ4v) is 2.09. The molecule has 0 saturated heterocycles. The zero-order chi connectivity index (χ0) is 11.6. The average Bonchev–Trinajstić information content (AvgIpc) is 2.16. The molecule has 0 bridgehead atoms. The van der Waals surface area contributed by atoms with E-state index in [0.717, 1.165) is 0 Å². The Bertz CT molecular complexity index is 298. The summed E-state index contributed by atoms with van der Waals surface area (Å²) < 4.78 is 0. The highest BCUT2D eigenvalue weighted by atomic mass is 14.6. The molecule has 0 aliphatic heterocycles. The van der Waals surface area contributed by atoms with Crippen molar-refractivity contribution >= 4 is 0 Å². The average molecular weight is 205 g/mol. The first-order valence-corrected chi connectivity index (χ1v) is 5.92. The molecule has 1 aromatic rings. The summed E-state index contributed by atoms with van der Waals surface area (Å²) in [5.74, 6) is 1.71. The first-order chi connectivity index (χ1) is 6.95. The van der Waals surface area contributed by atoms with Crippen molar-refractivity contribution < 1.29 is 0 Å². The molecule has 84 valence electrons. The quantitative estimate of drug-likeness (QED) is 0.710. The highest BCUT2D eigenvalue weighted by Gasteiger charge is 2.16. The Morgan fingerprint density at radius 3 is 1.40 bits per heavy atom. The van der Waals surface area contributed by atoms with E-state index in [-0.39, 0.29) is 0 Å². The number of rotatable bonds is 3. The molecule has 1 nitrogen and oxygen atoms in total. The highest BCUT2D eigenvalue weighted by molar-refractivity contribution is 5.38. The Hall–Kier alpha value is -0.850. The fourth-order valence-electron chi connectivity index (χ4n) is 2.09. The van der Waals surface area contributed by atoms with Crippen LogP contribution in [0.4, 0.5) is 0 Å². The van der Waals surface area contributed by atoms with Crippen LogP contribution in [0.15, 0.2) is 12.4 Å². The summed E-state index contributed by atoms with van der Waals surface area (Å²) in [6.07, 6.45) is 4.07. The maximum atomic E-state index is 4.37. The van der Waals surface area contributed by atoms with Crippen LogP contribution in [0, 0.1) is 0 Å². The highest BCUT2D eigenvalue weighted by Crippen LogP contribution is 2.31. The molecule has 0 aromatic carbocycles. The molecule has 0 spiro atoms. The van der Waals surface area contributed by atoms with Gasteiger partial charge in [-0.2, -0.15) is 0 Å². The summed E-state index contributed by atoms with van der Waals surface area (Å²) in [4.78, 5) is 4.37. The van der Waals surface area contributed by atoms with E-state index in [1.165, 1.54) is 16.7 Å². The first kappa shape index (κ1) is 12.2. The molecule has 0 N–H and O–H groups in total. The molecular weight excluding hydrogens is 182 g/mol. The minimum absolute atomic E-state index is 0.564. The molecule has 0 aliphatic carbocycles. The van der Waals surface area contributed by atoms with Crippen LogP contribution in [0.1, 0.15) is 76.0 Å². The number of hydrogen-bond donors (Lipinski definition) is 0. The van der Waals surface area contributed by atoms with Crippen molar-refractivity contribution in [2.24, 2.45) is 0 Å². The van der Waals surface area contributed by atoms with Gasteiger partial charge >= 0.3 is 0 Å². The summed E-state index contributed by atoms with van der Waals surface area (Å²) in [6.45, 7) is 13.5. The van der Waals surface area contributed by atoms with Gasteiger partial charge in [-0.25, -0.2) is 0 Å². The minimum Gasteiger partial charge on any atom is -0.264 e. The van der Waals surface area contributed by atoms with Gasteiger partial charge in [-0.15, -0.1) is 0 Å². The van der Waals surface area contributed by atoms with E-state index in [1.54, 1.807) is 0 Å². The van der Waals surface area contributed by atoms with Crippen LogP contribution in [-0.2, 0) is 0 Å². The summed E-state index contributed by atoms with van der Waals surface area (Å²) in [6, 6.07) is 0. The van der Waals surface area contributed by atoms with Crippen molar-refractivity contribution in [2.45, 2.75) is 59.3 Å². The molecule has 0 radical (unpaired) electrons. The van der Waals surface area contributed by atoms with Crippen LogP contribution in [0.2, 0.25) is 0 Å². The Kier molecular flexibility index (Phi) is 3.90. The zero-order valence-corrected chi connectivity index (χ0v) is 10.8. The van der Waals surface area contributed by atoms with E-state index >= 15 is 0 Å². The van der Waals surface area contributed by atoms with Gasteiger partial charge in [-0.1, -0.05) is 41.5 Å². The number of nitrogens with zero attached hydrogens (tertiary/aromatic N) is 1. The van der Waals surface area contributed by atoms with Crippen molar-refractivity contribution in [1.29, 1.82) is 0 Å². The third-order valence-electron chi connectivity index (χ3n) is 2.87. The second-order valence-electron chi connectivity index (χ2n) is 5.20. The van der Waals surface area contributed by atoms with Crippen LogP contribution >= 0.6 is 0 Å². The van der Waals surface area contributed by atoms with Crippen molar-refractivity contribution in [2.75, 3.05) is 0 Å². The molecule has 0 fully saturated rings. The van der Waals surface area contributed by atoms with Gasteiger partial charge in [-0.3, -0.25) is 4.98 Å². The summed E-state index contributed by atoms with van der Waals surface area (Å²) in [5.41, 5.74) is 4.34. The lowest BCUT2D eigenvalue weighted by Gasteiger charge is -2.21. The molecule has 0 saturated carbocycles. The predicted octanol–water partition coefficient (Wildman–Crippen LogP) is 4.45. The molecular formula is C14H23N. The molecule has 1 rings (SSSR count). The Balaban J connectivity index is 3.35. The second kappa shape index (κ2) is 4.78. The van der Waals surface area contributed by atoms with Gasteiger partial charge in [0.1, 0.15) is 0 Å². The van der Waals surface area contributed by atoms with E-state index in [0.29, 0.717) is 17.8 Å². The molecule has 1 heterocycles. The van der Waals surface area contributed by atoms with Crippen molar-refractivity contribution in [3.8, 4) is 0 Å². The van der Waals surface area contributed by atoms with Gasteiger partial charge < -0.3 is 0 Å². The van der Waals surface area contributed by atoms with Gasteiger partial charge in [0.05, 0.1) is 0 Å². The third kappa shape index (κ3) is 2.58. The Morgan fingerprint density at radius 2 is 1.13 bits per heavy atom. The van der Waals surface area contributed by atoms with Crippen LogP contribution < -0.4 is 0 Å². The second-order valence-corrected chi connectivity index (χ2v) is 5.20. The molecule has 0 atom stereocenters. The van der Waals surface area contributed by atoms with Gasteiger partial charge in [0.25, 0.3) is 0 Å². The summed E-state index contributed by atoms with van der Waals surface area (Å²) in [7, 11) is 0. The molecule has 15 heavy (non-hydrogen) atoms. The normalized spacial score (nSPS) is 11.8. The molecule has 1 aromatic heterocycles. The Labute approximate surface area is 93.9 Å². The maximum absolute atomic E-state index is 4.37. The molecule has 1 heteroatoms. The van der Waals surface area contributed by atoms with Crippen molar-refractivity contribution in [3.05, 3.63) is 29.1 Å². The smallest absolute Gasteiger partial charge is 0.0305 e. The fraction of sp³-hybridized carbons (Fsp3) is 0.643. The third-order valence-corrected chi connectivity index (χ3v) is 2.87. The lowest BCUT2D eigenvalue weighted by Crippen LogP contribution is -2.06. The van der Waals surface area contributed by atoms with Crippen LogP contribution in [-0.4, -0.2) is 4.98 Å². The van der Waals surface area contributed by atoms with Gasteiger partial charge in [0.15, 0.2) is 0 Å². The van der Waals surface area contributed by atoms with E-state index in [1.807, 2.05) is 12.4 Å². The van der Waals surface area contributed by atoms with E-state index in [9.17, 15) is 0 Å². The lowest BCUT2D eigenvalue weighted by molar-refractivity contribution is 0.739. The molecule has 0 unspecified atom stereocenters. The van der Waals surface area contributed by atoms with Crippen LogP contribution in [0.25, 0.3) is 0 Å². The topological polar surface area (TPSA) is 12.9 Å². The van der Waals surface area contributed by atoms with Crippen molar-refractivity contribution in [3.63, 3.8) is 0 Å². The van der Waals surface area contributed by atoms with Gasteiger partial charge in [0.2, 0.25) is 0 Å². The van der Waals surface area contributed by atoms with Crippen LogP contribution in [0.5, 0.6) is 0 Å². The minimum atomic E-state index is 0.564. The number of aromatic nitrogens is 1. The van der Waals surface area contributed by atoms with Gasteiger partial charge in [0, 0.05) is 12.4 Å². The largest absolute Gasteiger partial charge is 0.264 e. The zero-order valence-electron chi connectivity index (χ0n) is 10.8. The van der Waals surface area contributed by atoms with E-state index in [2.05, 4.69) is 46.5 Å². The number of hydrogen-bond acceptors (Lipinski definition) is 1. The summed E-state index contributed by atoms with van der Waals surface area (Å²) in [5, 5.41) is 0.